The molecule has 1 amide bonds. The Balaban J connectivity index is 2.09. The molecule has 0 aliphatic carbocycles. The van der Waals surface area contributed by atoms with E-state index < -0.39 is 17.5 Å². The molecule has 2 unspecified atom stereocenters. The standard InChI is InChI=1S/C17H21Cl2NO5/c1-11(25-14-5-4-12(18)8-13(14)19)15(21)20-7-3-6-17(9-20,10-24-2)16(22)23/h4-5,8,11H,3,6-7,9-10H2,1-2H3,(H,22,23). The number of ether oxygens (including phenoxy) is 2. The number of rotatable bonds is 6. The van der Waals surface area contributed by atoms with Gasteiger partial charge in [0.15, 0.2) is 6.10 Å². The van der Waals surface area contributed by atoms with Crippen LogP contribution in [0.25, 0.3) is 0 Å². The molecular formula is C17H21Cl2NO5. The lowest BCUT2D eigenvalue weighted by Crippen LogP contribution is -2.54. The number of halogens is 2. The van der Waals surface area contributed by atoms with E-state index in [0.29, 0.717) is 35.2 Å². The maximum Gasteiger partial charge on any atom is 0.313 e. The van der Waals surface area contributed by atoms with Crippen LogP contribution < -0.4 is 4.74 Å². The van der Waals surface area contributed by atoms with Crippen LogP contribution in [0.1, 0.15) is 19.8 Å². The lowest BCUT2D eigenvalue weighted by Gasteiger charge is -2.40. The number of carboxylic acid groups (broad SMARTS) is 1. The summed E-state index contributed by atoms with van der Waals surface area (Å²) in [4.78, 5) is 25.9. The van der Waals surface area contributed by atoms with E-state index >= 15 is 0 Å². The molecule has 8 heteroatoms. The SMILES string of the molecule is COCC1(C(=O)O)CCCN(C(=O)C(C)Oc2ccc(Cl)cc2Cl)C1. The predicted molar refractivity (Wildman–Crippen MR) is 94.3 cm³/mol. The summed E-state index contributed by atoms with van der Waals surface area (Å²) in [6, 6.07) is 4.75. The van der Waals surface area contributed by atoms with Crippen LogP contribution in [0, 0.1) is 5.41 Å². The average Bonchev–Trinajstić information content (AvgIpc) is 2.57. The van der Waals surface area contributed by atoms with Gasteiger partial charge in [-0.05, 0) is 38.0 Å². The highest BCUT2D eigenvalue weighted by atomic mass is 35.5. The fourth-order valence-electron chi connectivity index (χ4n) is 3.02. The number of amides is 1. The van der Waals surface area contributed by atoms with Crippen LogP contribution in [0.3, 0.4) is 0 Å². The van der Waals surface area contributed by atoms with Crippen molar-refractivity contribution in [2.24, 2.45) is 5.41 Å². The summed E-state index contributed by atoms with van der Waals surface area (Å²) < 4.78 is 10.7. The van der Waals surface area contributed by atoms with Gasteiger partial charge in [0.05, 0.1) is 11.6 Å². The van der Waals surface area contributed by atoms with Crippen molar-refractivity contribution in [2.45, 2.75) is 25.9 Å². The second-order valence-corrected chi connectivity index (χ2v) is 7.06. The average molecular weight is 390 g/mol. The van der Waals surface area contributed by atoms with E-state index in [0.717, 1.165) is 0 Å². The Morgan fingerprint density at radius 1 is 1.40 bits per heavy atom. The number of aliphatic carboxylic acids is 1. The molecule has 1 N–H and O–H groups in total. The van der Waals surface area contributed by atoms with Gasteiger partial charge in [-0.25, -0.2) is 0 Å². The first-order chi connectivity index (χ1) is 11.8. The van der Waals surface area contributed by atoms with Crippen molar-refractivity contribution in [3.63, 3.8) is 0 Å². The number of nitrogens with zero attached hydrogens (tertiary/aromatic N) is 1. The molecule has 0 saturated carbocycles. The van der Waals surface area contributed by atoms with Gasteiger partial charge in [-0.3, -0.25) is 9.59 Å². The number of hydrogen-bond donors (Lipinski definition) is 1. The van der Waals surface area contributed by atoms with Crippen molar-refractivity contribution in [1.29, 1.82) is 0 Å². The normalized spacial score (nSPS) is 21.7. The monoisotopic (exact) mass is 389 g/mol. The molecule has 0 radical (unpaired) electrons. The number of carbonyl (C=O) groups is 2. The molecule has 0 aromatic heterocycles. The van der Waals surface area contributed by atoms with E-state index in [-0.39, 0.29) is 19.1 Å². The van der Waals surface area contributed by atoms with E-state index in [4.69, 9.17) is 32.7 Å². The van der Waals surface area contributed by atoms with E-state index in [1.165, 1.54) is 18.1 Å². The Morgan fingerprint density at radius 3 is 2.72 bits per heavy atom. The number of benzene rings is 1. The van der Waals surface area contributed by atoms with E-state index in [1.54, 1.807) is 19.1 Å². The van der Waals surface area contributed by atoms with Gasteiger partial charge in [0.25, 0.3) is 5.91 Å². The smallest absolute Gasteiger partial charge is 0.313 e. The zero-order valence-corrected chi connectivity index (χ0v) is 15.6. The summed E-state index contributed by atoms with van der Waals surface area (Å²) in [5.74, 6) is -0.890. The van der Waals surface area contributed by atoms with E-state index in [2.05, 4.69) is 0 Å². The van der Waals surface area contributed by atoms with Crippen molar-refractivity contribution in [1.82, 2.24) is 4.90 Å². The van der Waals surface area contributed by atoms with Crippen molar-refractivity contribution in [2.75, 3.05) is 26.8 Å². The number of methoxy groups -OCH3 is 1. The first kappa shape index (κ1) is 19.8. The minimum Gasteiger partial charge on any atom is -0.481 e. The van der Waals surface area contributed by atoms with Crippen molar-refractivity contribution >= 4 is 35.1 Å². The molecular weight excluding hydrogens is 369 g/mol. The van der Waals surface area contributed by atoms with Gasteiger partial charge in [0, 0.05) is 25.2 Å². The molecule has 25 heavy (non-hydrogen) atoms. The third-order valence-electron chi connectivity index (χ3n) is 4.31. The topological polar surface area (TPSA) is 76.1 Å². The van der Waals surface area contributed by atoms with Gasteiger partial charge in [0.2, 0.25) is 0 Å². The molecule has 1 aromatic rings. The molecule has 0 spiro atoms. The summed E-state index contributed by atoms with van der Waals surface area (Å²) in [5, 5.41) is 10.4. The molecule has 2 atom stereocenters. The van der Waals surface area contributed by atoms with Crippen molar-refractivity contribution < 1.29 is 24.2 Å². The third-order valence-corrected chi connectivity index (χ3v) is 4.84. The van der Waals surface area contributed by atoms with Crippen LogP contribution in [0.15, 0.2) is 18.2 Å². The maximum absolute atomic E-state index is 12.7. The molecule has 1 fully saturated rings. The van der Waals surface area contributed by atoms with E-state index in [9.17, 15) is 14.7 Å². The molecule has 138 valence electrons. The highest BCUT2D eigenvalue weighted by Crippen LogP contribution is 2.32. The van der Waals surface area contributed by atoms with Crippen molar-refractivity contribution in [3.8, 4) is 5.75 Å². The Labute approximate surface area is 156 Å². The molecule has 0 bridgehead atoms. The Hall–Kier alpha value is -1.50. The van der Waals surface area contributed by atoms with Crippen molar-refractivity contribution in [3.05, 3.63) is 28.2 Å². The molecule has 1 aromatic carbocycles. The summed E-state index contributed by atoms with van der Waals surface area (Å²) in [6.45, 7) is 2.25. The molecule has 2 rings (SSSR count). The number of piperidine rings is 1. The quantitative estimate of drug-likeness (QED) is 0.808. The highest BCUT2D eigenvalue weighted by Gasteiger charge is 2.44. The number of carboxylic acids is 1. The molecule has 1 saturated heterocycles. The first-order valence-corrected chi connectivity index (χ1v) is 8.67. The molecule has 1 heterocycles. The van der Waals surface area contributed by atoms with Crippen LogP contribution in [-0.2, 0) is 14.3 Å². The zero-order chi connectivity index (χ0) is 18.6. The van der Waals surface area contributed by atoms with Crippen LogP contribution in [0.4, 0.5) is 0 Å². The maximum atomic E-state index is 12.7. The van der Waals surface area contributed by atoms with Gasteiger partial charge >= 0.3 is 5.97 Å². The number of carbonyl (C=O) groups excluding carboxylic acids is 1. The highest BCUT2D eigenvalue weighted by molar-refractivity contribution is 6.35. The predicted octanol–water partition coefficient (Wildman–Crippen LogP) is 3.10. The summed E-state index contributed by atoms with van der Waals surface area (Å²) in [7, 11) is 1.46. The van der Waals surface area contributed by atoms with Gasteiger partial charge in [-0.2, -0.15) is 0 Å². The Kier molecular flexibility index (Phi) is 6.54. The van der Waals surface area contributed by atoms with Crippen LogP contribution in [0.5, 0.6) is 5.75 Å². The Bertz CT molecular complexity index is 650. The fourth-order valence-corrected chi connectivity index (χ4v) is 3.47. The second-order valence-electron chi connectivity index (χ2n) is 6.22. The minimum atomic E-state index is -1.08. The molecule has 1 aliphatic heterocycles. The van der Waals surface area contributed by atoms with Crippen LogP contribution in [0.2, 0.25) is 10.0 Å². The largest absolute Gasteiger partial charge is 0.481 e. The summed E-state index contributed by atoms with van der Waals surface area (Å²) >= 11 is 11.9. The van der Waals surface area contributed by atoms with Crippen LogP contribution in [-0.4, -0.2) is 54.8 Å². The number of likely N-dealkylation sites (tertiary alicyclic amines) is 1. The van der Waals surface area contributed by atoms with Crippen LogP contribution >= 0.6 is 23.2 Å². The number of hydrogen-bond acceptors (Lipinski definition) is 4. The lowest BCUT2D eigenvalue weighted by molar-refractivity contribution is -0.160. The third kappa shape index (κ3) is 4.57. The van der Waals surface area contributed by atoms with Gasteiger partial charge in [-0.15, -0.1) is 0 Å². The minimum absolute atomic E-state index is 0.0599. The van der Waals surface area contributed by atoms with Gasteiger partial charge < -0.3 is 19.5 Å². The van der Waals surface area contributed by atoms with Gasteiger partial charge in [-0.1, -0.05) is 23.2 Å². The molecule has 1 aliphatic rings. The second kappa shape index (κ2) is 8.25. The fraction of sp³-hybridized carbons (Fsp3) is 0.529. The summed E-state index contributed by atoms with van der Waals surface area (Å²) in [6.07, 6.45) is 0.263. The first-order valence-electron chi connectivity index (χ1n) is 7.92. The zero-order valence-electron chi connectivity index (χ0n) is 14.1. The molecule has 6 nitrogen and oxygen atoms in total. The Morgan fingerprint density at radius 2 is 2.12 bits per heavy atom. The summed E-state index contributed by atoms with van der Waals surface area (Å²) in [5.41, 5.74) is -1.08. The van der Waals surface area contributed by atoms with E-state index in [1.807, 2.05) is 0 Å². The lowest BCUT2D eigenvalue weighted by atomic mass is 9.80. The van der Waals surface area contributed by atoms with Gasteiger partial charge in [0.1, 0.15) is 11.2 Å².